The minimum absolute atomic E-state index is 0.0162. The fourth-order valence-corrected chi connectivity index (χ4v) is 3.71. The SMILES string of the molecule is CCc1nc(SCC(=O)Nc2nc(-c3ccccc3)cs2)[nH]c(=O)c1C#N. The molecule has 136 valence electrons. The van der Waals surface area contributed by atoms with Crippen molar-refractivity contribution in [2.45, 2.75) is 18.5 Å². The first-order chi connectivity index (χ1) is 13.1. The topological polar surface area (TPSA) is 112 Å². The molecule has 0 aliphatic heterocycles. The van der Waals surface area contributed by atoms with Crippen molar-refractivity contribution in [1.29, 1.82) is 5.26 Å². The Morgan fingerprint density at radius 1 is 1.33 bits per heavy atom. The molecule has 2 aromatic heterocycles. The normalized spacial score (nSPS) is 10.4. The van der Waals surface area contributed by atoms with Crippen molar-refractivity contribution in [1.82, 2.24) is 15.0 Å². The number of nitriles is 1. The van der Waals surface area contributed by atoms with E-state index in [0.29, 0.717) is 22.4 Å². The van der Waals surface area contributed by atoms with Crippen LogP contribution in [-0.4, -0.2) is 26.6 Å². The lowest BCUT2D eigenvalue weighted by Gasteiger charge is -2.04. The van der Waals surface area contributed by atoms with E-state index in [1.807, 2.05) is 48.7 Å². The van der Waals surface area contributed by atoms with Crippen LogP contribution in [0.4, 0.5) is 5.13 Å². The number of rotatable bonds is 6. The Bertz CT molecular complexity index is 1050. The smallest absolute Gasteiger partial charge is 0.269 e. The number of hydrogen-bond acceptors (Lipinski definition) is 7. The third-order valence-electron chi connectivity index (χ3n) is 3.58. The van der Waals surface area contributed by atoms with Crippen molar-refractivity contribution < 1.29 is 4.79 Å². The molecule has 0 fully saturated rings. The number of aryl methyl sites for hydroxylation is 1. The number of carbonyl (C=O) groups is 1. The van der Waals surface area contributed by atoms with Gasteiger partial charge in [-0.3, -0.25) is 9.59 Å². The lowest BCUT2D eigenvalue weighted by atomic mass is 10.2. The summed E-state index contributed by atoms with van der Waals surface area (Å²) in [7, 11) is 0. The summed E-state index contributed by atoms with van der Waals surface area (Å²) in [4.78, 5) is 35.2. The van der Waals surface area contributed by atoms with Crippen molar-refractivity contribution in [3.05, 3.63) is 57.3 Å². The molecule has 0 spiro atoms. The van der Waals surface area contributed by atoms with Gasteiger partial charge in [0.25, 0.3) is 5.56 Å². The predicted octanol–water partition coefficient (Wildman–Crippen LogP) is 3.06. The summed E-state index contributed by atoms with van der Waals surface area (Å²) < 4.78 is 0. The first kappa shape index (κ1) is 18.8. The van der Waals surface area contributed by atoms with E-state index < -0.39 is 5.56 Å². The van der Waals surface area contributed by atoms with Gasteiger partial charge in [0.2, 0.25) is 5.91 Å². The minimum atomic E-state index is -0.486. The van der Waals surface area contributed by atoms with E-state index in [9.17, 15) is 9.59 Å². The Morgan fingerprint density at radius 3 is 2.81 bits per heavy atom. The molecule has 3 aromatic rings. The lowest BCUT2D eigenvalue weighted by Crippen LogP contribution is -2.18. The Labute approximate surface area is 163 Å². The van der Waals surface area contributed by atoms with Crippen LogP contribution >= 0.6 is 23.1 Å². The summed E-state index contributed by atoms with van der Waals surface area (Å²) in [6.07, 6.45) is 0.466. The fraction of sp³-hybridized carbons (Fsp3) is 0.167. The molecule has 2 heterocycles. The molecule has 0 aliphatic carbocycles. The van der Waals surface area contributed by atoms with Crippen LogP contribution in [0.1, 0.15) is 18.2 Å². The summed E-state index contributed by atoms with van der Waals surface area (Å²) >= 11 is 2.45. The quantitative estimate of drug-likeness (QED) is 0.488. The van der Waals surface area contributed by atoms with Crippen LogP contribution in [0.3, 0.4) is 0 Å². The molecule has 27 heavy (non-hydrogen) atoms. The third-order valence-corrected chi connectivity index (χ3v) is 5.21. The van der Waals surface area contributed by atoms with Gasteiger partial charge in [0.15, 0.2) is 10.3 Å². The second-order valence-corrected chi connectivity index (χ2v) is 7.22. The number of aromatic nitrogens is 3. The van der Waals surface area contributed by atoms with Gasteiger partial charge in [0, 0.05) is 10.9 Å². The molecule has 0 aliphatic rings. The van der Waals surface area contributed by atoms with E-state index in [-0.39, 0.29) is 17.2 Å². The zero-order chi connectivity index (χ0) is 19.2. The molecule has 1 aromatic carbocycles. The first-order valence-electron chi connectivity index (χ1n) is 8.07. The van der Waals surface area contributed by atoms with Gasteiger partial charge in [-0.2, -0.15) is 5.26 Å². The summed E-state index contributed by atoms with van der Waals surface area (Å²) in [5.74, 6) is -0.183. The van der Waals surface area contributed by atoms with Crippen molar-refractivity contribution in [2.75, 3.05) is 11.1 Å². The fourth-order valence-electron chi connectivity index (χ4n) is 2.30. The molecule has 0 bridgehead atoms. The van der Waals surface area contributed by atoms with Crippen LogP contribution in [0.25, 0.3) is 11.3 Å². The van der Waals surface area contributed by atoms with Gasteiger partial charge in [-0.05, 0) is 6.42 Å². The highest BCUT2D eigenvalue weighted by Crippen LogP contribution is 2.24. The van der Waals surface area contributed by atoms with Crippen LogP contribution in [0.15, 0.2) is 45.7 Å². The zero-order valence-electron chi connectivity index (χ0n) is 14.4. The lowest BCUT2D eigenvalue weighted by molar-refractivity contribution is -0.113. The Kier molecular flexibility index (Phi) is 6.01. The summed E-state index contributed by atoms with van der Waals surface area (Å²) in [5, 5.41) is 14.4. The van der Waals surface area contributed by atoms with Crippen LogP contribution in [-0.2, 0) is 11.2 Å². The third kappa shape index (κ3) is 4.61. The maximum atomic E-state index is 12.2. The monoisotopic (exact) mass is 397 g/mol. The number of amides is 1. The average Bonchev–Trinajstić information content (AvgIpc) is 3.15. The molecule has 0 saturated carbocycles. The van der Waals surface area contributed by atoms with Crippen LogP contribution in [0.5, 0.6) is 0 Å². The van der Waals surface area contributed by atoms with Gasteiger partial charge in [0.1, 0.15) is 11.6 Å². The number of H-pyrrole nitrogens is 1. The largest absolute Gasteiger partial charge is 0.301 e. The van der Waals surface area contributed by atoms with Crippen molar-refractivity contribution >= 4 is 34.1 Å². The molecular formula is C18H15N5O2S2. The van der Waals surface area contributed by atoms with E-state index in [1.165, 1.54) is 11.3 Å². The number of nitrogens with zero attached hydrogens (tertiary/aromatic N) is 3. The van der Waals surface area contributed by atoms with E-state index in [2.05, 4.69) is 20.3 Å². The molecule has 0 radical (unpaired) electrons. The Morgan fingerprint density at radius 2 is 2.11 bits per heavy atom. The van der Waals surface area contributed by atoms with E-state index in [0.717, 1.165) is 23.0 Å². The van der Waals surface area contributed by atoms with Gasteiger partial charge < -0.3 is 10.3 Å². The highest BCUT2D eigenvalue weighted by Gasteiger charge is 2.12. The van der Waals surface area contributed by atoms with Gasteiger partial charge in [-0.1, -0.05) is 49.0 Å². The van der Waals surface area contributed by atoms with Gasteiger partial charge in [-0.15, -0.1) is 11.3 Å². The number of hydrogen-bond donors (Lipinski definition) is 2. The standard InChI is InChI=1S/C18H15N5O2S2/c1-2-13-12(8-19)16(25)23-18(20-13)27-10-15(24)22-17-21-14(9-26-17)11-6-4-3-5-7-11/h3-7,9H,2,10H2,1H3,(H,20,23,25)(H,21,22,24). The number of thiazole rings is 1. The molecule has 0 atom stereocenters. The average molecular weight is 397 g/mol. The molecule has 1 amide bonds. The molecule has 7 nitrogen and oxygen atoms in total. The molecule has 0 saturated heterocycles. The molecule has 9 heteroatoms. The van der Waals surface area contributed by atoms with Crippen molar-refractivity contribution in [3.63, 3.8) is 0 Å². The van der Waals surface area contributed by atoms with Crippen LogP contribution < -0.4 is 10.9 Å². The van der Waals surface area contributed by atoms with Crippen molar-refractivity contribution in [2.24, 2.45) is 0 Å². The predicted molar refractivity (Wildman–Crippen MR) is 106 cm³/mol. The molecular weight excluding hydrogens is 382 g/mol. The van der Waals surface area contributed by atoms with Gasteiger partial charge >= 0.3 is 0 Å². The Balaban J connectivity index is 1.62. The maximum absolute atomic E-state index is 12.2. The van der Waals surface area contributed by atoms with Gasteiger partial charge in [-0.25, -0.2) is 9.97 Å². The van der Waals surface area contributed by atoms with Crippen molar-refractivity contribution in [3.8, 4) is 17.3 Å². The maximum Gasteiger partial charge on any atom is 0.269 e. The number of aromatic amines is 1. The van der Waals surface area contributed by atoms with Crippen LogP contribution in [0, 0.1) is 11.3 Å². The number of benzene rings is 1. The number of thioether (sulfide) groups is 1. The number of anilines is 1. The van der Waals surface area contributed by atoms with Gasteiger partial charge in [0.05, 0.1) is 17.1 Å². The highest BCUT2D eigenvalue weighted by atomic mass is 32.2. The zero-order valence-corrected chi connectivity index (χ0v) is 16.0. The minimum Gasteiger partial charge on any atom is -0.301 e. The summed E-state index contributed by atoms with van der Waals surface area (Å²) in [6, 6.07) is 11.6. The van der Waals surface area contributed by atoms with E-state index in [4.69, 9.17) is 5.26 Å². The molecule has 2 N–H and O–H groups in total. The second-order valence-electron chi connectivity index (χ2n) is 5.40. The second kappa shape index (κ2) is 8.62. The van der Waals surface area contributed by atoms with E-state index >= 15 is 0 Å². The molecule has 0 unspecified atom stereocenters. The first-order valence-corrected chi connectivity index (χ1v) is 9.94. The highest BCUT2D eigenvalue weighted by molar-refractivity contribution is 7.99. The van der Waals surface area contributed by atoms with Crippen LogP contribution in [0.2, 0.25) is 0 Å². The van der Waals surface area contributed by atoms with E-state index in [1.54, 1.807) is 0 Å². The number of nitrogens with one attached hydrogen (secondary N) is 2. The summed E-state index contributed by atoms with van der Waals surface area (Å²) in [6.45, 7) is 1.82. The molecule has 3 rings (SSSR count). The number of carbonyl (C=O) groups excluding carboxylic acids is 1. The summed E-state index contributed by atoms with van der Waals surface area (Å²) in [5.41, 5.74) is 1.74. The Hall–Kier alpha value is -2.96.